The molecule has 11 heteroatoms. The molecule has 0 radical (unpaired) electrons. The molecule has 1 fully saturated rings. The van der Waals surface area contributed by atoms with E-state index in [1.54, 1.807) is 4.90 Å². The summed E-state index contributed by atoms with van der Waals surface area (Å²) in [6.07, 6.45) is 0. The van der Waals surface area contributed by atoms with E-state index in [4.69, 9.17) is 4.74 Å². The standard InChI is InChI=1S/C34H31F2N3O5.Na/c35-26-12-13-27(29(36)20-26)25-11-14-30(28(19-25)34(42)43)37-31(40)21-44-22-32(41)38-15-17-39(18-16-38)33(23-7-3-1-4-8-23)24-9-5-2-6-10-24;/h1-14,19-20,33H,15-18,21-22H2,(H,37,40)(H,42,43);/q;+1/p-1. The van der Waals surface area contributed by atoms with E-state index in [0.717, 1.165) is 12.1 Å². The molecule has 1 aliphatic rings. The fraction of sp³-hybridized carbons (Fsp3) is 0.206. The minimum Gasteiger partial charge on any atom is -0.545 e. The van der Waals surface area contributed by atoms with Gasteiger partial charge in [-0.1, -0.05) is 66.7 Å². The molecule has 5 rings (SSSR count). The first-order chi connectivity index (χ1) is 21.3. The number of hydrogen-bond donors (Lipinski definition) is 1. The maximum Gasteiger partial charge on any atom is 1.00 e. The number of hydrogen-bond acceptors (Lipinski definition) is 6. The normalized spacial score (nSPS) is 13.3. The number of amides is 2. The van der Waals surface area contributed by atoms with Crippen molar-refractivity contribution in [2.45, 2.75) is 6.04 Å². The molecule has 0 atom stereocenters. The summed E-state index contributed by atoms with van der Waals surface area (Å²) in [7, 11) is 0. The van der Waals surface area contributed by atoms with Crippen molar-refractivity contribution in [3.8, 4) is 11.1 Å². The Morgan fingerprint density at radius 2 is 1.42 bits per heavy atom. The zero-order valence-corrected chi connectivity index (χ0v) is 26.7. The number of halogens is 2. The van der Waals surface area contributed by atoms with Crippen molar-refractivity contribution in [2.75, 3.05) is 44.7 Å². The van der Waals surface area contributed by atoms with Crippen LogP contribution in [-0.4, -0.2) is 67.0 Å². The van der Waals surface area contributed by atoms with Gasteiger partial charge in [-0.05, 0) is 41.0 Å². The molecule has 45 heavy (non-hydrogen) atoms. The first-order valence-corrected chi connectivity index (χ1v) is 14.1. The Bertz CT molecular complexity index is 1590. The Kier molecular flexibility index (Phi) is 12.0. The van der Waals surface area contributed by atoms with Crippen molar-refractivity contribution in [1.29, 1.82) is 0 Å². The number of ether oxygens (including phenoxy) is 1. The van der Waals surface area contributed by atoms with Crippen LogP contribution in [0.25, 0.3) is 11.1 Å². The summed E-state index contributed by atoms with van der Waals surface area (Å²) in [5.41, 5.74) is 2.03. The SMILES string of the molecule is O=C(COCC(=O)N1CCN(C(c2ccccc2)c2ccccc2)CC1)Nc1ccc(-c2ccc(F)cc2F)cc1C(=O)[O-].[Na+]. The number of nitrogens with zero attached hydrogens (tertiary/aromatic N) is 2. The Morgan fingerprint density at radius 3 is 2.00 bits per heavy atom. The molecule has 0 saturated carbocycles. The molecule has 1 saturated heterocycles. The van der Waals surface area contributed by atoms with Crippen LogP contribution >= 0.6 is 0 Å². The average Bonchev–Trinajstić information content (AvgIpc) is 3.03. The van der Waals surface area contributed by atoms with Gasteiger partial charge in [-0.3, -0.25) is 14.5 Å². The third-order valence-electron chi connectivity index (χ3n) is 7.48. The zero-order valence-electron chi connectivity index (χ0n) is 24.7. The Labute approximate surface area is 281 Å². The number of piperazine rings is 1. The molecule has 1 heterocycles. The molecule has 0 unspecified atom stereocenters. The van der Waals surface area contributed by atoms with Gasteiger partial charge in [-0.2, -0.15) is 0 Å². The van der Waals surface area contributed by atoms with Gasteiger partial charge in [0, 0.05) is 49.1 Å². The van der Waals surface area contributed by atoms with E-state index in [1.165, 1.54) is 29.3 Å². The predicted molar refractivity (Wildman–Crippen MR) is 158 cm³/mol. The molecular formula is C34H30F2N3NaO5. The summed E-state index contributed by atoms with van der Waals surface area (Å²) in [5, 5.41) is 14.2. The summed E-state index contributed by atoms with van der Waals surface area (Å²) in [6.45, 7) is 1.51. The molecule has 0 aliphatic carbocycles. The van der Waals surface area contributed by atoms with Gasteiger partial charge in [0.25, 0.3) is 0 Å². The predicted octanol–water partition coefficient (Wildman–Crippen LogP) is 0.888. The molecule has 2 amide bonds. The van der Waals surface area contributed by atoms with Crippen LogP contribution in [-0.2, 0) is 14.3 Å². The topological polar surface area (TPSA) is 102 Å². The van der Waals surface area contributed by atoms with Crippen molar-refractivity contribution in [1.82, 2.24) is 9.80 Å². The number of aromatic carboxylic acids is 1. The van der Waals surface area contributed by atoms with Gasteiger partial charge in [0.05, 0.1) is 12.0 Å². The Hall–Kier alpha value is -3.93. The molecule has 226 valence electrons. The molecule has 0 bridgehead atoms. The molecule has 1 N–H and O–H groups in total. The molecule has 1 aliphatic heterocycles. The van der Waals surface area contributed by atoms with E-state index in [2.05, 4.69) is 34.5 Å². The average molecular weight is 622 g/mol. The van der Waals surface area contributed by atoms with Gasteiger partial charge in [0.2, 0.25) is 11.8 Å². The molecule has 8 nitrogen and oxygen atoms in total. The number of carboxylic acids is 1. The van der Waals surface area contributed by atoms with Crippen molar-refractivity contribution in [2.24, 2.45) is 0 Å². The van der Waals surface area contributed by atoms with Crippen LogP contribution in [0, 0.1) is 11.6 Å². The minimum absolute atomic E-state index is 0. The smallest absolute Gasteiger partial charge is 0.545 e. The van der Waals surface area contributed by atoms with Crippen LogP contribution in [0.2, 0.25) is 0 Å². The van der Waals surface area contributed by atoms with Crippen molar-refractivity contribution >= 4 is 23.5 Å². The maximum atomic E-state index is 14.2. The molecule has 0 spiro atoms. The molecule has 4 aromatic rings. The van der Waals surface area contributed by atoms with Gasteiger partial charge < -0.3 is 24.9 Å². The van der Waals surface area contributed by atoms with Gasteiger partial charge in [-0.25, -0.2) is 8.78 Å². The van der Waals surface area contributed by atoms with E-state index < -0.39 is 35.7 Å². The van der Waals surface area contributed by atoms with Gasteiger partial charge in [0.1, 0.15) is 24.8 Å². The van der Waals surface area contributed by atoms with Crippen LogP contribution in [0.1, 0.15) is 27.5 Å². The number of benzene rings is 4. The van der Waals surface area contributed by atoms with Gasteiger partial charge >= 0.3 is 29.6 Å². The monoisotopic (exact) mass is 621 g/mol. The number of anilines is 1. The summed E-state index contributed by atoms with van der Waals surface area (Å²) in [4.78, 5) is 41.1. The Morgan fingerprint density at radius 1 is 0.800 bits per heavy atom. The quantitative estimate of drug-likeness (QED) is 0.264. The number of nitrogens with one attached hydrogen (secondary N) is 1. The second kappa shape index (κ2) is 15.9. The van der Waals surface area contributed by atoms with Gasteiger partial charge in [-0.15, -0.1) is 0 Å². The number of carboxylic acid groups (broad SMARTS) is 1. The summed E-state index contributed by atoms with van der Waals surface area (Å²) < 4.78 is 32.8. The van der Waals surface area contributed by atoms with Crippen LogP contribution in [0.3, 0.4) is 0 Å². The van der Waals surface area contributed by atoms with Crippen molar-refractivity contribution in [3.63, 3.8) is 0 Å². The van der Waals surface area contributed by atoms with Crippen LogP contribution < -0.4 is 40.0 Å². The third kappa shape index (κ3) is 8.62. The Balaban J connectivity index is 0.00000461. The van der Waals surface area contributed by atoms with E-state index in [0.29, 0.717) is 32.2 Å². The fourth-order valence-corrected chi connectivity index (χ4v) is 5.34. The van der Waals surface area contributed by atoms with Crippen LogP contribution in [0.5, 0.6) is 0 Å². The van der Waals surface area contributed by atoms with Crippen LogP contribution in [0.15, 0.2) is 97.1 Å². The number of carbonyl (C=O) groups excluding carboxylic acids is 3. The van der Waals surface area contributed by atoms with E-state index in [1.807, 2.05) is 36.4 Å². The van der Waals surface area contributed by atoms with E-state index >= 15 is 0 Å². The van der Waals surface area contributed by atoms with Crippen LogP contribution in [0.4, 0.5) is 14.5 Å². The first kappa shape index (κ1) is 34.0. The fourth-order valence-electron chi connectivity index (χ4n) is 5.34. The zero-order chi connectivity index (χ0) is 31.1. The summed E-state index contributed by atoms with van der Waals surface area (Å²) in [6, 6.07) is 27.2. The second-order valence-corrected chi connectivity index (χ2v) is 10.4. The number of carbonyl (C=O) groups is 3. The summed E-state index contributed by atoms with van der Waals surface area (Å²) >= 11 is 0. The molecule has 0 aromatic heterocycles. The number of rotatable bonds is 10. The molecule has 4 aromatic carbocycles. The maximum absolute atomic E-state index is 14.2. The molecular weight excluding hydrogens is 591 g/mol. The van der Waals surface area contributed by atoms with Crippen molar-refractivity contribution < 1.29 is 62.6 Å². The third-order valence-corrected chi connectivity index (χ3v) is 7.48. The summed E-state index contributed by atoms with van der Waals surface area (Å²) in [5.74, 6) is -4.16. The second-order valence-electron chi connectivity index (χ2n) is 10.4. The van der Waals surface area contributed by atoms with Crippen molar-refractivity contribution in [3.05, 3.63) is 125 Å². The largest absolute Gasteiger partial charge is 1.00 e. The van der Waals surface area contributed by atoms with E-state index in [9.17, 15) is 28.3 Å². The minimum atomic E-state index is -1.60. The first-order valence-electron chi connectivity index (χ1n) is 14.1. The van der Waals surface area contributed by atoms with Gasteiger partial charge in [0.15, 0.2) is 0 Å². The van der Waals surface area contributed by atoms with E-state index in [-0.39, 0.29) is 64.9 Å².